The van der Waals surface area contributed by atoms with Crippen molar-refractivity contribution in [2.75, 3.05) is 11.4 Å². The summed E-state index contributed by atoms with van der Waals surface area (Å²) in [6.07, 6.45) is 3.13. The van der Waals surface area contributed by atoms with Crippen LogP contribution in [0.1, 0.15) is 32.6 Å². The first kappa shape index (κ1) is 16.6. The van der Waals surface area contributed by atoms with Crippen LogP contribution in [0.3, 0.4) is 0 Å². The molecule has 5 heteroatoms. The predicted molar refractivity (Wildman–Crippen MR) is 90.6 cm³/mol. The number of rotatable bonds is 6. The fourth-order valence-electron chi connectivity index (χ4n) is 2.27. The summed E-state index contributed by atoms with van der Waals surface area (Å²) in [5.41, 5.74) is 1.33. The molecular formula is C14H20INO2S. The number of benzene rings is 1. The van der Waals surface area contributed by atoms with Crippen molar-refractivity contribution >= 4 is 47.4 Å². The second kappa shape index (κ2) is 7.99. The van der Waals surface area contributed by atoms with Crippen LogP contribution in [0.4, 0.5) is 5.69 Å². The molecule has 1 aliphatic heterocycles. The second-order valence-corrected chi connectivity index (χ2v) is 5.94. The maximum absolute atomic E-state index is 10.4. The SMILES string of the molecule is CC1Sc2ccccc2N1CCCCCC(=O)O.I. The first-order valence-corrected chi connectivity index (χ1v) is 7.30. The molecule has 0 fully saturated rings. The standard InChI is InChI=1S/C14H19NO2S.HI/c1-11-15(10-6-2-3-9-14(16)17)12-7-4-5-8-13(12)18-11;/h4-5,7-8,11H,2-3,6,9-10H2,1H3,(H,16,17);1H. The van der Waals surface area contributed by atoms with Gasteiger partial charge in [-0.2, -0.15) is 0 Å². The van der Waals surface area contributed by atoms with Crippen LogP contribution in [0.2, 0.25) is 0 Å². The largest absolute Gasteiger partial charge is 0.481 e. The molecule has 1 unspecified atom stereocenters. The molecule has 1 atom stereocenters. The predicted octanol–water partition coefficient (Wildman–Crippen LogP) is 4.21. The number of fused-ring (bicyclic) bond motifs is 1. The van der Waals surface area contributed by atoms with Crippen LogP contribution in [-0.2, 0) is 4.79 Å². The Balaban J connectivity index is 0.00000180. The average Bonchev–Trinajstić information content (AvgIpc) is 2.65. The summed E-state index contributed by atoms with van der Waals surface area (Å²) in [7, 11) is 0. The first-order chi connectivity index (χ1) is 8.68. The average molecular weight is 393 g/mol. The van der Waals surface area contributed by atoms with E-state index in [1.54, 1.807) is 0 Å². The van der Waals surface area contributed by atoms with Crippen molar-refractivity contribution in [3.8, 4) is 0 Å². The van der Waals surface area contributed by atoms with E-state index in [-0.39, 0.29) is 24.0 Å². The number of anilines is 1. The van der Waals surface area contributed by atoms with E-state index in [9.17, 15) is 4.79 Å². The first-order valence-electron chi connectivity index (χ1n) is 6.42. The number of carbonyl (C=O) groups is 1. The fourth-order valence-corrected chi connectivity index (χ4v) is 3.45. The van der Waals surface area contributed by atoms with Crippen LogP contribution >= 0.6 is 35.7 Å². The molecule has 2 rings (SSSR count). The summed E-state index contributed by atoms with van der Waals surface area (Å²) in [6.45, 7) is 3.24. The highest BCUT2D eigenvalue weighted by Gasteiger charge is 2.25. The number of thioether (sulfide) groups is 1. The molecule has 106 valence electrons. The molecule has 1 N–H and O–H groups in total. The van der Waals surface area contributed by atoms with E-state index in [0.717, 1.165) is 25.8 Å². The summed E-state index contributed by atoms with van der Waals surface area (Å²) in [5.74, 6) is -0.689. The third-order valence-corrected chi connectivity index (χ3v) is 4.40. The van der Waals surface area contributed by atoms with Crippen LogP contribution in [0, 0.1) is 0 Å². The van der Waals surface area contributed by atoms with Crippen molar-refractivity contribution in [3.05, 3.63) is 24.3 Å². The van der Waals surface area contributed by atoms with Gasteiger partial charge in [0.05, 0.1) is 11.1 Å². The molecule has 0 aliphatic carbocycles. The molecule has 1 aliphatic rings. The molecule has 0 spiro atoms. The van der Waals surface area contributed by atoms with Gasteiger partial charge < -0.3 is 10.0 Å². The van der Waals surface area contributed by atoms with Gasteiger partial charge in [0.2, 0.25) is 0 Å². The number of hydrogen-bond donors (Lipinski definition) is 1. The van der Waals surface area contributed by atoms with Crippen LogP contribution in [-0.4, -0.2) is 23.0 Å². The summed E-state index contributed by atoms with van der Waals surface area (Å²) >= 11 is 1.90. The molecule has 1 heterocycles. The van der Waals surface area contributed by atoms with E-state index in [1.807, 2.05) is 11.8 Å². The molecule has 0 radical (unpaired) electrons. The van der Waals surface area contributed by atoms with Gasteiger partial charge in [-0.15, -0.1) is 24.0 Å². The Kier molecular flexibility index (Phi) is 6.99. The third kappa shape index (κ3) is 4.56. The van der Waals surface area contributed by atoms with E-state index < -0.39 is 5.97 Å². The number of para-hydroxylation sites is 1. The highest BCUT2D eigenvalue weighted by atomic mass is 127. The number of nitrogens with zero attached hydrogens (tertiary/aromatic N) is 1. The highest BCUT2D eigenvalue weighted by Crippen LogP contribution is 2.42. The lowest BCUT2D eigenvalue weighted by Crippen LogP contribution is -2.27. The van der Waals surface area contributed by atoms with Gasteiger partial charge >= 0.3 is 5.97 Å². The molecule has 0 bridgehead atoms. The van der Waals surface area contributed by atoms with Gasteiger partial charge in [0.1, 0.15) is 0 Å². The van der Waals surface area contributed by atoms with Gasteiger partial charge in [-0.1, -0.05) is 30.3 Å². The van der Waals surface area contributed by atoms with E-state index in [0.29, 0.717) is 11.8 Å². The van der Waals surface area contributed by atoms with E-state index in [4.69, 9.17) is 5.11 Å². The minimum Gasteiger partial charge on any atom is -0.481 e. The van der Waals surface area contributed by atoms with Crippen molar-refractivity contribution in [3.63, 3.8) is 0 Å². The van der Waals surface area contributed by atoms with Crippen molar-refractivity contribution in [1.82, 2.24) is 0 Å². The van der Waals surface area contributed by atoms with Crippen molar-refractivity contribution in [1.29, 1.82) is 0 Å². The molecule has 0 saturated heterocycles. The zero-order valence-corrected chi connectivity index (χ0v) is 14.2. The molecule has 0 aromatic heterocycles. The smallest absolute Gasteiger partial charge is 0.303 e. The van der Waals surface area contributed by atoms with Gasteiger partial charge in [0.25, 0.3) is 0 Å². The zero-order valence-electron chi connectivity index (χ0n) is 11.0. The minimum atomic E-state index is -0.689. The number of carboxylic acid groups (broad SMARTS) is 1. The maximum atomic E-state index is 10.4. The Hall–Kier alpha value is -0.430. The Morgan fingerprint density at radius 1 is 1.32 bits per heavy atom. The highest BCUT2D eigenvalue weighted by molar-refractivity contribution is 14.0. The molecule has 0 amide bonds. The van der Waals surface area contributed by atoms with Gasteiger partial charge in [-0.05, 0) is 31.9 Å². The summed E-state index contributed by atoms with van der Waals surface area (Å²) in [4.78, 5) is 14.2. The lowest BCUT2D eigenvalue weighted by molar-refractivity contribution is -0.137. The Morgan fingerprint density at radius 3 is 2.79 bits per heavy atom. The van der Waals surface area contributed by atoms with Crippen LogP contribution in [0.5, 0.6) is 0 Å². The molecular weight excluding hydrogens is 373 g/mol. The number of hydrogen-bond acceptors (Lipinski definition) is 3. The Labute approximate surface area is 135 Å². The number of halogens is 1. The van der Waals surface area contributed by atoms with Crippen molar-refractivity contribution in [2.24, 2.45) is 0 Å². The van der Waals surface area contributed by atoms with Gasteiger partial charge in [0, 0.05) is 17.9 Å². The van der Waals surface area contributed by atoms with E-state index >= 15 is 0 Å². The van der Waals surface area contributed by atoms with E-state index in [2.05, 4.69) is 36.1 Å². The second-order valence-electron chi connectivity index (χ2n) is 4.58. The Bertz CT molecular complexity index is 428. The van der Waals surface area contributed by atoms with Crippen molar-refractivity contribution < 1.29 is 9.90 Å². The number of aliphatic carboxylic acids is 1. The number of unbranched alkanes of at least 4 members (excludes halogenated alkanes) is 2. The fraction of sp³-hybridized carbons (Fsp3) is 0.500. The Morgan fingerprint density at radius 2 is 2.05 bits per heavy atom. The van der Waals surface area contributed by atoms with Crippen LogP contribution < -0.4 is 4.90 Å². The van der Waals surface area contributed by atoms with Crippen LogP contribution in [0.25, 0.3) is 0 Å². The van der Waals surface area contributed by atoms with Crippen LogP contribution in [0.15, 0.2) is 29.2 Å². The number of carboxylic acids is 1. The zero-order chi connectivity index (χ0) is 13.0. The summed E-state index contributed by atoms with van der Waals surface area (Å²) in [6, 6.07) is 8.49. The molecule has 1 aromatic carbocycles. The lowest BCUT2D eigenvalue weighted by Gasteiger charge is -2.23. The minimum absolute atomic E-state index is 0. The van der Waals surface area contributed by atoms with Gasteiger partial charge in [0.15, 0.2) is 0 Å². The topological polar surface area (TPSA) is 40.5 Å². The monoisotopic (exact) mass is 393 g/mol. The molecule has 0 saturated carbocycles. The van der Waals surface area contributed by atoms with Crippen molar-refractivity contribution in [2.45, 2.75) is 42.9 Å². The molecule has 1 aromatic rings. The maximum Gasteiger partial charge on any atom is 0.303 e. The van der Waals surface area contributed by atoms with Gasteiger partial charge in [-0.3, -0.25) is 4.79 Å². The molecule has 3 nitrogen and oxygen atoms in total. The quantitative estimate of drug-likeness (QED) is 0.581. The molecule has 19 heavy (non-hydrogen) atoms. The van der Waals surface area contributed by atoms with E-state index in [1.165, 1.54) is 10.6 Å². The summed E-state index contributed by atoms with van der Waals surface area (Å²) < 4.78 is 0. The van der Waals surface area contributed by atoms with Gasteiger partial charge in [-0.25, -0.2) is 0 Å². The lowest BCUT2D eigenvalue weighted by atomic mass is 10.2. The third-order valence-electron chi connectivity index (χ3n) is 3.20. The normalized spacial score (nSPS) is 16.9. The summed E-state index contributed by atoms with van der Waals surface area (Å²) in [5, 5.41) is 9.07.